The molecule has 0 aliphatic heterocycles. The molecule has 0 spiro atoms. The van der Waals surface area contributed by atoms with Crippen molar-refractivity contribution in [2.45, 2.75) is 20.8 Å². The van der Waals surface area contributed by atoms with Crippen LogP contribution in [-0.4, -0.2) is 22.1 Å². The van der Waals surface area contributed by atoms with Gasteiger partial charge in [0.15, 0.2) is 11.6 Å². The lowest BCUT2D eigenvalue weighted by molar-refractivity contribution is -0.128. The maximum atomic E-state index is 12.5. The maximum Gasteiger partial charge on any atom is 0.336 e. The minimum Gasteiger partial charge on any atom is -0.423 e. The van der Waals surface area contributed by atoms with E-state index in [4.69, 9.17) is 4.74 Å². The molecule has 0 N–H and O–H groups in total. The highest BCUT2D eigenvalue weighted by molar-refractivity contribution is 6.11. The number of hydrogen-bond donors (Lipinski definition) is 0. The highest BCUT2D eigenvalue weighted by Gasteiger charge is 2.22. The van der Waals surface area contributed by atoms with E-state index in [0.717, 1.165) is 16.9 Å². The first kappa shape index (κ1) is 22.0. The Hall–Kier alpha value is -4.25. The number of para-hydroxylation sites is 1. The number of aromatic nitrogens is 1. The zero-order valence-corrected chi connectivity index (χ0v) is 18.7. The lowest BCUT2D eigenvalue weighted by atomic mass is 10.0. The van der Waals surface area contributed by atoms with Crippen LogP contribution in [0.1, 0.15) is 45.8 Å². The molecular weight excluding hydrogens is 414 g/mol. The Labute approximate surface area is 191 Å². The topological polar surface area (TPSA) is 65.4 Å². The number of benzene rings is 3. The molecule has 0 atom stereocenters. The Bertz CT molecular complexity index is 1400. The van der Waals surface area contributed by atoms with Crippen LogP contribution >= 0.6 is 0 Å². The molecule has 1 heterocycles. The standard InChI is InChI=1S/C28H23NO4/c1-18-28(20(3)31)24-17-26(33-27(32)15-14-21-10-6-4-7-11-21)23(19(2)30)16-25(24)29(18)22-12-8-5-9-13-22/h4-17H,1-3H3/b15-14+. The fraction of sp³-hybridized carbons (Fsp3) is 0.107. The molecule has 4 aromatic rings. The lowest BCUT2D eigenvalue weighted by Gasteiger charge is -2.11. The number of hydrogen-bond acceptors (Lipinski definition) is 4. The van der Waals surface area contributed by atoms with Crippen LogP contribution in [0.3, 0.4) is 0 Å². The number of ketones is 2. The third-order valence-electron chi connectivity index (χ3n) is 5.47. The molecule has 164 valence electrons. The van der Waals surface area contributed by atoms with E-state index < -0.39 is 5.97 Å². The van der Waals surface area contributed by atoms with Gasteiger partial charge in [-0.3, -0.25) is 9.59 Å². The van der Waals surface area contributed by atoms with Crippen molar-refractivity contribution in [2.75, 3.05) is 0 Å². The molecule has 0 aliphatic carbocycles. The van der Waals surface area contributed by atoms with Crippen molar-refractivity contribution in [3.8, 4) is 11.4 Å². The van der Waals surface area contributed by atoms with E-state index in [1.165, 1.54) is 19.9 Å². The number of carbonyl (C=O) groups is 3. The second-order valence-electron chi connectivity index (χ2n) is 7.77. The first-order chi connectivity index (χ1) is 15.9. The van der Waals surface area contributed by atoms with E-state index in [2.05, 4.69) is 0 Å². The Balaban J connectivity index is 1.84. The first-order valence-corrected chi connectivity index (χ1v) is 10.6. The zero-order chi connectivity index (χ0) is 23.5. The van der Waals surface area contributed by atoms with Gasteiger partial charge in [-0.15, -0.1) is 0 Å². The van der Waals surface area contributed by atoms with E-state index in [0.29, 0.717) is 16.5 Å². The molecule has 0 aliphatic rings. The molecule has 1 aromatic heterocycles. The number of rotatable bonds is 6. The van der Waals surface area contributed by atoms with Gasteiger partial charge < -0.3 is 9.30 Å². The molecule has 4 rings (SSSR count). The molecule has 0 amide bonds. The summed E-state index contributed by atoms with van der Waals surface area (Å²) in [5.74, 6) is -0.826. The van der Waals surface area contributed by atoms with Gasteiger partial charge >= 0.3 is 5.97 Å². The summed E-state index contributed by atoms with van der Waals surface area (Å²) in [6.45, 7) is 4.79. The number of carbonyl (C=O) groups excluding carboxylic acids is 3. The third-order valence-corrected chi connectivity index (χ3v) is 5.47. The molecule has 0 saturated heterocycles. The highest BCUT2D eigenvalue weighted by atomic mass is 16.5. The van der Waals surface area contributed by atoms with E-state index in [-0.39, 0.29) is 22.9 Å². The van der Waals surface area contributed by atoms with Gasteiger partial charge in [-0.05, 0) is 56.7 Å². The number of ether oxygens (including phenoxy) is 1. The summed E-state index contributed by atoms with van der Waals surface area (Å²) in [4.78, 5) is 37.5. The second-order valence-corrected chi connectivity index (χ2v) is 7.77. The van der Waals surface area contributed by atoms with Crippen molar-refractivity contribution >= 4 is 34.5 Å². The maximum absolute atomic E-state index is 12.5. The smallest absolute Gasteiger partial charge is 0.336 e. The van der Waals surface area contributed by atoms with Crippen LogP contribution in [0, 0.1) is 6.92 Å². The van der Waals surface area contributed by atoms with Gasteiger partial charge in [0.05, 0.1) is 11.1 Å². The van der Waals surface area contributed by atoms with Crippen molar-refractivity contribution in [2.24, 2.45) is 0 Å². The average molecular weight is 437 g/mol. The minimum absolute atomic E-state index is 0.107. The van der Waals surface area contributed by atoms with E-state index in [1.54, 1.807) is 18.2 Å². The molecule has 33 heavy (non-hydrogen) atoms. The lowest BCUT2D eigenvalue weighted by Crippen LogP contribution is -2.08. The number of esters is 1. The Morgan fingerprint density at radius 1 is 0.848 bits per heavy atom. The summed E-state index contributed by atoms with van der Waals surface area (Å²) in [5.41, 5.74) is 3.98. The molecule has 0 radical (unpaired) electrons. The Morgan fingerprint density at radius 2 is 1.48 bits per heavy atom. The molecule has 3 aromatic carbocycles. The largest absolute Gasteiger partial charge is 0.423 e. The van der Waals surface area contributed by atoms with Gasteiger partial charge in [0.2, 0.25) is 0 Å². The fourth-order valence-corrected chi connectivity index (χ4v) is 4.03. The van der Waals surface area contributed by atoms with Crippen molar-refractivity contribution in [1.29, 1.82) is 0 Å². The normalized spacial score (nSPS) is 11.1. The second kappa shape index (κ2) is 9.09. The summed E-state index contributed by atoms with van der Waals surface area (Å²) in [5, 5.41) is 0.628. The molecule has 0 bridgehead atoms. The van der Waals surface area contributed by atoms with Crippen molar-refractivity contribution in [1.82, 2.24) is 4.57 Å². The number of nitrogens with zero attached hydrogens (tertiary/aromatic N) is 1. The van der Waals surface area contributed by atoms with Crippen LogP contribution in [0.5, 0.6) is 5.75 Å². The summed E-state index contributed by atoms with van der Waals surface area (Å²) < 4.78 is 7.50. The van der Waals surface area contributed by atoms with Gasteiger partial charge in [-0.2, -0.15) is 0 Å². The van der Waals surface area contributed by atoms with E-state index in [9.17, 15) is 14.4 Å². The van der Waals surface area contributed by atoms with E-state index >= 15 is 0 Å². The van der Waals surface area contributed by atoms with Gasteiger partial charge in [0.25, 0.3) is 0 Å². The SMILES string of the molecule is CC(=O)c1cc2c(cc1OC(=O)/C=C/c1ccccc1)c(C(C)=O)c(C)n2-c1ccccc1. The molecular formula is C28H23NO4. The first-order valence-electron chi connectivity index (χ1n) is 10.6. The summed E-state index contributed by atoms with van der Waals surface area (Å²) in [6, 6.07) is 22.3. The predicted molar refractivity (Wildman–Crippen MR) is 129 cm³/mol. The summed E-state index contributed by atoms with van der Waals surface area (Å²) in [6.07, 6.45) is 2.96. The molecule has 0 fully saturated rings. The fourth-order valence-electron chi connectivity index (χ4n) is 4.03. The van der Waals surface area contributed by atoms with Crippen LogP contribution in [-0.2, 0) is 4.79 Å². The van der Waals surface area contributed by atoms with Crippen molar-refractivity contribution < 1.29 is 19.1 Å². The third kappa shape index (κ3) is 4.39. The molecule has 5 nitrogen and oxygen atoms in total. The van der Waals surface area contributed by atoms with Crippen LogP contribution < -0.4 is 4.74 Å². The van der Waals surface area contributed by atoms with Gasteiger partial charge in [-0.1, -0.05) is 48.5 Å². The molecule has 0 saturated carbocycles. The van der Waals surface area contributed by atoms with Crippen molar-refractivity contribution in [3.63, 3.8) is 0 Å². The highest BCUT2D eigenvalue weighted by Crippen LogP contribution is 2.35. The predicted octanol–water partition coefficient (Wildman–Crippen LogP) is 5.96. The van der Waals surface area contributed by atoms with E-state index in [1.807, 2.05) is 72.2 Å². The van der Waals surface area contributed by atoms with Gasteiger partial charge in [-0.25, -0.2) is 4.79 Å². The van der Waals surface area contributed by atoms with Crippen LogP contribution in [0.25, 0.3) is 22.7 Å². The molecule has 5 heteroatoms. The zero-order valence-electron chi connectivity index (χ0n) is 18.7. The molecule has 0 unspecified atom stereocenters. The summed E-state index contributed by atoms with van der Waals surface area (Å²) >= 11 is 0. The van der Waals surface area contributed by atoms with Crippen molar-refractivity contribution in [3.05, 3.63) is 101 Å². The number of Topliss-reactive ketones (excluding diaryl/α,β-unsaturated/α-hetero) is 2. The quantitative estimate of drug-likeness (QED) is 0.161. The van der Waals surface area contributed by atoms with Gasteiger partial charge in [0, 0.05) is 28.4 Å². The average Bonchev–Trinajstić information content (AvgIpc) is 3.09. The number of fused-ring (bicyclic) bond motifs is 1. The van der Waals surface area contributed by atoms with Crippen LogP contribution in [0.2, 0.25) is 0 Å². The Morgan fingerprint density at radius 3 is 2.09 bits per heavy atom. The summed E-state index contributed by atoms with van der Waals surface area (Å²) in [7, 11) is 0. The van der Waals surface area contributed by atoms with Gasteiger partial charge in [0.1, 0.15) is 5.75 Å². The Kier molecular flexibility index (Phi) is 6.05. The van der Waals surface area contributed by atoms with Crippen LogP contribution in [0.15, 0.2) is 78.9 Å². The minimum atomic E-state index is -0.607. The monoisotopic (exact) mass is 437 g/mol. The van der Waals surface area contributed by atoms with Crippen LogP contribution in [0.4, 0.5) is 0 Å².